The van der Waals surface area contributed by atoms with Crippen molar-refractivity contribution in [2.75, 3.05) is 5.32 Å². The summed E-state index contributed by atoms with van der Waals surface area (Å²) in [6, 6.07) is 20.1. The standard InChI is InChI=1S/C24H15ClN2O5/c25-18-11-9-15(10-12-18)24(31)32-21-8-4-1-5-16(21)13-17(14-26)22(28)27-20-7-3-2-6-19(20)23(29)30/h1-13H,(H,27,28)(H,29,30)/b17-13+. The molecule has 0 atom stereocenters. The number of aromatic carboxylic acids is 1. The van der Waals surface area contributed by atoms with E-state index < -0.39 is 17.8 Å². The van der Waals surface area contributed by atoms with Crippen molar-refractivity contribution in [2.45, 2.75) is 0 Å². The summed E-state index contributed by atoms with van der Waals surface area (Å²) in [6.45, 7) is 0. The van der Waals surface area contributed by atoms with Crippen LogP contribution in [0.15, 0.2) is 78.4 Å². The van der Waals surface area contributed by atoms with Crippen LogP contribution >= 0.6 is 11.6 Å². The number of nitrogens with zero attached hydrogens (tertiary/aromatic N) is 1. The lowest BCUT2D eigenvalue weighted by Gasteiger charge is -2.09. The van der Waals surface area contributed by atoms with Gasteiger partial charge in [0.2, 0.25) is 0 Å². The fraction of sp³-hybridized carbons (Fsp3) is 0. The first-order valence-corrected chi connectivity index (χ1v) is 9.59. The van der Waals surface area contributed by atoms with Crippen LogP contribution in [0.2, 0.25) is 5.02 Å². The second kappa shape index (κ2) is 10.1. The first-order valence-electron chi connectivity index (χ1n) is 9.21. The SMILES string of the molecule is N#C/C(=C\c1ccccc1OC(=O)c1ccc(Cl)cc1)C(=O)Nc1ccccc1C(=O)O. The summed E-state index contributed by atoms with van der Waals surface area (Å²) in [5, 5.41) is 21.6. The molecule has 1 amide bonds. The molecule has 158 valence electrons. The van der Waals surface area contributed by atoms with Gasteiger partial charge >= 0.3 is 11.9 Å². The molecule has 0 aliphatic rings. The van der Waals surface area contributed by atoms with Crippen molar-refractivity contribution in [3.63, 3.8) is 0 Å². The maximum atomic E-state index is 12.6. The average molecular weight is 447 g/mol. The molecule has 0 heterocycles. The molecular weight excluding hydrogens is 432 g/mol. The highest BCUT2D eigenvalue weighted by Gasteiger charge is 2.16. The number of amides is 1. The number of anilines is 1. The van der Waals surface area contributed by atoms with E-state index in [4.69, 9.17) is 16.3 Å². The number of rotatable bonds is 6. The number of benzene rings is 3. The van der Waals surface area contributed by atoms with E-state index in [1.165, 1.54) is 42.5 Å². The van der Waals surface area contributed by atoms with Crippen molar-refractivity contribution < 1.29 is 24.2 Å². The highest BCUT2D eigenvalue weighted by Crippen LogP contribution is 2.23. The van der Waals surface area contributed by atoms with E-state index in [1.54, 1.807) is 42.5 Å². The first kappa shape index (κ1) is 22.3. The zero-order valence-electron chi connectivity index (χ0n) is 16.4. The van der Waals surface area contributed by atoms with Crippen LogP contribution < -0.4 is 10.1 Å². The molecule has 0 aliphatic carbocycles. The molecule has 0 bridgehead atoms. The van der Waals surface area contributed by atoms with E-state index in [9.17, 15) is 24.8 Å². The van der Waals surface area contributed by atoms with Crippen molar-refractivity contribution in [3.05, 3.63) is 100 Å². The number of para-hydroxylation sites is 2. The number of carbonyl (C=O) groups excluding carboxylic acids is 2. The number of hydrogen-bond donors (Lipinski definition) is 2. The van der Waals surface area contributed by atoms with Gasteiger partial charge in [-0.1, -0.05) is 41.9 Å². The number of carboxylic acids is 1. The Bertz CT molecular complexity index is 1260. The quantitative estimate of drug-likeness (QED) is 0.243. The summed E-state index contributed by atoms with van der Waals surface area (Å²) in [7, 11) is 0. The largest absolute Gasteiger partial charge is 0.478 e. The maximum Gasteiger partial charge on any atom is 0.343 e. The number of carboxylic acid groups (broad SMARTS) is 1. The van der Waals surface area contributed by atoms with Gasteiger partial charge < -0.3 is 15.2 Å². The molecule has 0 saturated carbocycles. The van der Waals surface area contributed by atoms with Gasteiger partial charge in [0.05, 0.1) is 16.8 Å². The third kappa shape index (κ3) is 5.39. The third-order valence-corrected chi connectivity index (χ3v) is 4.52. The first-order chi connectivity index (χ1) is 15.4. The van der Waals surface area contributed by atoms with E-state index >= 15 is 0 Å². The Hall–Kier alpha value is -4.41. The highest BCUT2D eigenvalue weighted by molar-refractivity contribution is 6.30. The molecular formula is C24H15ClN2O5. The van der Waals surface area contributed by atoms with E-state index in [2.05, 4.69) is 5.32 Å². The van der Waals surface area contributed by atoms with Crippen molar-refractivity contribution >= 4 is 41.2 Å². The fourth-order valence-electron chi connectivity index (χ4n) is 2.71. The Morgan fingerprint density at radius 3 is 2.31 bits per heavy atom. The Kier molecular flexibility index (Phi) is 7.01. The summed E-state index contributed by atoms with van der Waals surface area (Å²) < 4.78 is 5.42. The molecule has 0 spiro atoms. The molecule has 8 heteroatoms. The lowest BCUT2D eigenvalue weighted by atomic mass is 10.1. The zero-order valence-corrected chi connectivity index (χ0v) is 17.2. The van der Waals surface area contributed by atoms with Crippen molar-refractivity contribution in [3.8, 4) is 11.8 Å². The van der Waals surface area contributed by atoms with Crippen LogP contribution in [-0.2, 0) is 4.79 Å². The van der Waals surface area contributed by atoms with Crippen molar-refractivity contribution in [1.82, 2.24) is 0 Å². The van der Waals surface area contributed by atoms with E-state index in [1.807, 2.05) is 0 Å². The van der Waals surface area contributed by atoms with Crippen LogP contribution in [0.3, 0.4) is 0 Å². The van der Waals surface area contributed by atoms with Crippen LogP contribution in [-0.4, -0.2) is 23.0 Å². The molecule has 7 nitrogen and oxygen atoms in total. The average Bonchev–Trinajstić information content (AvgIpc) is 2.79. The molecule has 0 unspecified atom stereocenters. The molecule has 0 fully saturated rings. The van der Waals surface area contributed by atoms with Gasteiger partial charge in [0, 0.05) is 10.6 Å². The highest BCUT2D eigenvalue weighted by atomic mass is 35.5. The van der Waals surface area contributed by atoms with E-state index in [-0.39, 0.29) is 28.1 Å². The summed E-state index contributed by atoms with van der Waals surface area (Å²) in [6.07, 6.45) is 1.25. The summed E-state index contributed by atoms with van der Waals surface area (Å²) in [5.74, 6) is -2.53. The minimum Gasteiger partial charge on any atom is -0.478 e. The van der Waals surface area contributed by atoms with E-state index in [0.29, 0.717) is 10.6 Å². The number of halogens is 1. The number of ether oxygens (including phenoxy) is 1. The van der Waals surface area contributed by atoms with Crippen LogP contribution in [0, 0.1) is 11.3 Å². The van der Waals surface area contributed by atoms with Crippen molar-refractivity contribution in [2.24, 2.45) is 0 Å². The number of nitrogens with one attached hydrogen (secondary N) is 1. The second-order valence-corrected chi connectivity index (χ2v) is 6.85. The van der Waals surface area contributed by atoms with Crippen LogP contribution in [0.4, 0.5) is 5.69 Å². The van der Waals surface area contributed by atoms with Crippen LogP contribution in [0.25, 0.3) is 6.08 Å². The molecule has 0 radical (unpaired) electrons. The molecule has 3 aromatic rings. The van der Waals surface area contributed by atoms with Gasteiger partial charge in [0.1, 0.15) is 17.4 Å². The number of carbonyl (C=O) groups is 3. The Morgan fingerprint density at radius 2 is 1.62 bits per heavy atom. The summed E-state index contributed by atoms with van der Waals surface area (Å²) in [5.41, 5.74) is 0.217. The molecule has 3 rings (SSSR count). The summed E-state index contributed by atoms with van der Waals surface area (Å²) in [4.78, 5) is 36.3. The maximum absolute atomic E-state index is 12.6. The second-order valence-electron chi connectivity index (χ2n) is 6.41. The van der Waals surface area contributed by atoms with Gasteiger partial charge in [-0.3, -0.25) is 4.79 Å². The minimum absolute atomic E-state index is 0.0496. The van der Waals surface area contributed by atoms with Gasteiger partial charge in [0.15, 0.2) is 0 Å². The minimum atomic E-state index is -1.22. The normalized spacial score (nSPS) is 10.7. The molecule has 0 aromatic heterocycles. The molecule has 0 saturated heterocycles. The molecule has 0 aliphatic heterocycles. The van der Waals surface area contributed by atoms with Crippen molar-refractivity contribution in [1.29, 1.82) is 5.26 Å². The Balaban J connectivity index is 1.86. The van der Waals surface area contributed by atoms with Gasteiger partial charge in [-0.05, 0) is 48.5 Å². The number of esters is 1. The molecule has 3 aromatic carbocycles. The zero-order chi connectivity index (χ0) is 23.1. The predicted molar refractivity (Wildman–Crippen MR) is 118 cm³/mol. The van der Waals surface area contributed by atoms with Gasteiger partial charge in [-0.15, -0.1) is 0 Å². The Labute approximate surface area is 188 Å². The number of nitriles is 1. The number of hydrogen-bond acceptors (Lipinski definition) is 5. The third-order valence-electron chi connectivity index (χ3n) is 4.27. The van der Waals surface area contributed by atoms with Crippen LogP contribution in [0.1, 0.15) is 26.3 Å². The van der Waals surface area contributed by atoms with Crippen LogP contribution in [0.5, 0.6) is 5.75 Å². The van der Waals surface area contributed by atoms with E-state index in [0.717, 1.165) is 0 Å². The lowest BCUT2D eigenvalue weighted by molar-refractivity contribution is -0.112. The monoisotopic (exact) mass is 446 g/mol. The lowest BCUT2D eigenvalue weighted by Crippen LogP contribution is -2.16. The smallest absolute Gasteiger partial charge is 0.343 e. The topological polar surface area (TPSA) is 116 Å². The fourth-order valence-corrected chi connectivity index (χ4v) is 2.84. The summed E-state index contributed by atoms with van der Waals surface area (Å²) >= 11 is 5.83. The molecule has 2 N–H and O–H groups in total. The van der Waals surface area contributed by atoms with Gasteiger partial charge in [0.25, 0.3) is 5.91 Å². The van der Waals surface area contributed by atoms with Gasteiger partial charge in [-0.2, -0.15) is 5.26 Å². The van der Waals surface area contributed by atoms with Gasteiger partial charge in [-0.25, -0.2) is 9.59 Å². The predicted octanol–water partition coefficient (Wildman–Crippen LogP) is 4.80. The Morgan fingerprint density at radius 1 is 0.969 bits per heavy atom. The molecule has 32 heavy (non-hydrogen) atoms.